The van der Waals surface area contributed by atoms with Crippen LogP contribution in [0.3, 0.4) is 0 Å². The summed E-state index contributed by atoms with van der Waals surface area (Å²) in [7, 11) is 0. The van der Waals surface area contributed by atoms with E-state index < -0.39 is 0 Å². The maximum absolute atomic E-state index is 12.8. The summed E-state index contributed by atoms with van der Waals surface area (Å²) in [4.78, 5) is 33.4. The average molecular weight is 371 g/mol. The van der Waals surface area contributed by atoms with E-state index in [9.17, 15) is 9.59 Å². The Balaban J connectivity index is 1.69. The van der Waals surface area contributed by atoms with E-state index in [1.54, 1.807) is 48.9 Å². The number of carbonyl (C=O) groups is 1. The van der Waals surface area contributed by atoms with Crippen molar-refractivity contribution in [2.75, 3.05) is 5.32 Å². The van der Waals surface area contributed by atoms with Gasteiger partial charge in [0.15, 0.2) is 0 Å². The van der Waals surface area contributed by atoms with Crippen LogP contribution < -0.4 is 10.9 Å². The van der Waals surface area contributed by atoms with E-state index in [1.165, 1.54) is 4.68 Å². The van der Waals surface area contributed by atoms with Crippen molar-refractivity contribution in [2.45, 2.75) is 13.0 Å². The van der Waals surface area contributed by atoms with Gasteiger partial charge in [0, 0.05) is 30.4 Å². The van der Waals surface area contributed by atoms with Crippen LogP contribution in [0.5, 0.6) is 0 Å². The minimum atomic E-state index is -0.365. The van der Waals surface area contributed by atoms with Crippen LogP contribution in [0.2, 0.25) is 0 Å². The third kappa shape index (κ3) is 3.78. The number of hydrogen-bond donors (Lipinski definition) is 1. The summed E-state index contributed by atoms with van der Waals surface area (Å²) < 4.78 is 1.20. The molecule has 0 unspecified atom stereocenters. The van der Waals surface area contributed by atoms with E-state index in [2.05, 4.69) is 20.4 Å². The van der Waals surface area contributed by atoms with Gasteiger partial charge in [-0.3, -0.25) is 14.6 Å². The molecule has 0 atom stereocenters. The van der Waals surface area contributed by atoms with Gasteiger partial charge in [-0.15, -0.1) is 0 Å². The lowest BCUT2D eigenvalue weighted by Crippen LogP contribution is -2.31. The first-order chi connectivity index (χ1) is 13.7. The molecule has 1 aromatic carbocycles. The Hall–Kier alpha value is -3.87. The van der Waals surface area contributed by atoms with Crippen LogP contribution >= 0.6 is 0 Å². The number of rotatable bonds is 5. The Bertz CT molecular complexity index is 1170. The van der Waals surface area contributed by atoms with E-state index in [1.807, 2.05) is 24.3 Å². The van der Waals surface area contributed by atoms with Crippen LogP contribution in [0, 0.1) is 0 Å². The third-order valence-corrected chi connectivity index (χ3v) is 4.26. The summed E-state index contributed by atoms with van der Waals surface area (Å²) in [6, 6.07) is 16.3. The smallest absolute Gasteiger partial charge is 0.275 e. The highest BCUT2D eigenvalue weighted by atomic mass is 16.2. The lowest BCUT2D eigenvalue weighted by molar-refractivity contribution is -0.117. The fraction of sp³-hybridized carbons (Fsp3) is 0.0952. The van der Waals surface area contributed by atoms with Crippen molar-refractivity contribution >= 4 is 22.5 Å². The molecule has 0 spiro atoms. The lowest BCUT2D eigenvalue weighted by atomic mass is 10.1. The lowest BCUT2D eigenvalue weighted by Gasteiger charge is -2.11. The molecule has 1 amide bonds. The number of nitrogens with zero attached hydrogens (tertiary/aromatic N) is 4. The minimum Gasteiger partial charge on any atom is -0.309 e. The Kier molecular flexibility index (Phi) is 4.88. The van der Waals surface area contributed by atoms with Crippen LogP contribution in [0.15, 0.2) is 78.0 Å². The van der Waals surface area contributed by atoms with Crippen LogP contribution in [0.4, 0.5) is 5.82 Å². The molecule has 7 heteroatoms. The highest BCUT2D eigenvalue weighted by Crippen LogP contribution is 2.16. The maximum Gasteiger partial charge on any atom is 0.275 e. The number of amides is 1. The van der Waals surface area contributed by atoms with Crippen LogP contribution in [0.1, 0.15) is 11.3 Å². The molecular weight excluding hydrogens is 354 g/mol. The first-order valence-corrected chi connectivity index (χ1v) is 8.79. The molecule has 3 aromatic heterocycles. The van der Waals surface area contributed by atoms with Gasteiger partial charge >= 0.3 is 0 Å². The molecular formula is C21H17N5O2. The Morgan fingerprint density at radius 2 is 1.79 bits per heavy atom. The standard InChI is InChI=1S/C21H17N5O2/c27-20(24-19-9-3-4-11-23-19)14-26-21(28)17-8-2-1-7-16(17)18(25-26)12-15-6-5-10-22-13-15/h1-11,13H,12,14H2,(H,23,24,27). The molecule has 4 rings (SSSR count). The zero-order chi connectivity index (χ0) is 19.3. The largest absolute Gasteiger partial charge is 0.309 e. The molecule has 0 saturated heterocycles. The Labute approximate surface area is 160 Å². The van der Waals surface area contributed by atoms with Crippen LogP contribution in [0.25, 0.3) is 10.8 Å². The van der Waals surface area contributed by atoms with Crippen molar-refractivity contribution < 1.29 is 4.79 Å². The molecule has 0 fully saturated rings. The summed E-state index contributed by atoms with van der Waals surface area (Å²) in [5.41, 5.74) is 1.39. The van der Waals surface area contributed by atoms with Crippen LogP contribution in [-0.4, -0.2) is 25.7 Å². The number of carbonyl (C=O) groups excluding carboxylic acids is 1. The second-order valence-electron chi connectivity index (χ2n) is 6.26. The van der Waals surface area contributed by atoms with Gasteiger partial charge in [0.1, 0.15) is 12.4 Å². The predicted octanol–water partition coefficient (Wildman–Crippen LogP) is 2.42. The maximum atomic E-state index is 12.8. The normalized spacial score (nSPS) is 10.7. The molecule has 0 bridgehead atoms. The highest BCUT2D eigenvalue weighted by Gasteiger charge is 2.13. The number of nitrogens with one attached hydrogen (secondary N) is 1. The number of pyridine rings is 2. The van der Waals surface area contributed by atoms with Crippen molar-refractivity contribution in [3.63, 3.8) is 0 Å². The summed E-state index contributed by atoms with van der Waals surface area (Å²) in [6.45, 7) is -0.194. The number of anilines is 1. The van der Waals surface area contributed by atoms with Crippen molar-refractivity contribution in [2.24, 2.45) is 0 Å². The average Bonchev–Trinajstić information content (AvgIpc) is 2.73. The second kappa shape index (κ2) is 7.79. The molecule has 3 heterocycles. The molecule has 0 radical (unpaired) electrons. The van der Waals surface area contributed by atoms with Gasteiger partial charge in [0.25, 0.3) is 5.56 Å². The fourth-order valence-electron chi connectivity index (χ4n) is 2.99. The topological polar surface area (TPSA) is 89.8 Å². The van der Waals surface area contributed by atoms with Gasteiger partial charge in [-0.05, 0) is 29.8 Å². The fourth-order valence-corrected chi connectivity index (χ4v) is 2.99. The van der Waals surface area contributed by atoms with Crippen molar-refractivity contribution in [1.29, 1.82) is 0 Å². The summed E-state index contributed by atoms with van der Waals surface area (Å²) >= 11 is 0. The molecule has 0 saturated carbocycles. The van der Waals surface area contributed by atoms with Gasteiger partial charge in [0.05, 0.1) is 11.1 Å². The molecule has 138 valence electrons. The molecule has 0 aliphatic heterocycles. The van der Waals surface area contributed by atoms with Crippen molar-refractivity contribution in [1.82, 2.24) is 19.7 Å². The van der Waals surface area contributed by atoms with Gasteiger partial charge in [-0.2, -0.15) is 5.10 Å². The van der Waals surface area contributed by atoms with Crippen molar-refractivity contribution in [3.05, 3.63) is 94.8 Å². The van der Waals surface area contributed by atoms with Gasteiger partial charge < -0.3 is 5.32 Å². The minimum absolute atomic E-state index is 0.194. The number of aromatic nitrogens is 4. The Morgan fingerprint density at radius 1 is 0.964 bits per heavy atom. The number of benzene rings is 1. The monoisotopic (exact) mass is 371 g/mol. The highest BCUT2D eigenvalue weighted by molar-refractivity contribution is 5.90. The zero-order valence-corrected chi connectivity index (χ0v) is 14.9. The van der Waals surface area contributed by atoms with E-state index in [0.29, 0.717) is 23.3 Å². The van der Waals surface area contributed by atoms with Crippen LogP contribution in [-0.2, 0) is 17.8 Å². The Morgan fingerprint density at radius 3 is 2.54 bits per heavy atom. The second-order valence-corrected chi connectivity index (χ2v) is 6.26. The van der Waals surface area contributed by atoms with Gasteiger partial charge in [0.2, 0.25) is 5.91 Å². The summed E-state index contributed by atoms with van der Waals surface area (Å²) in [5, 5.41) is 8.45. The summed E-state index contributed by atoms with van der Waals surface area (Å²) in [6.07, 6.45) is 5.57. The zero-order valence-electron chi connectivity index (χ0n) is 14.9. The summed E-state index contributed by atoms with van der Waals surface area (Å²) in [5.74, 6) is 0.0628. The molecule has 0 aliphatic rings. The first-order valence-electron chi connectivity index (χ1n) is 8.79. The molecule has 4 aromatic rings. The van der Waals surface area contributed by atoms with Gasteiger partial charge in [-0.1, -0.05) is 30.3 Å². The molecule has 0 aliphatic carbocycles. The molecule has 28 heavy (non-hydrogen) atoms. The SMILES string of the molecule is O=C(Cn1nc(Cc2cccnc2)c2ccccc2c1=O)Nc1ccccn1. The number of hydrogen-bond acceptors (Lipinski definition) is 5. The van der Waals surface area contributed by atoms with E-state index in [-0.39, 0.29) is 18.0 Å². The first kappa shape index (κ1) is 17.5. The third-order valence-electron chi connectivity index (χ3n) is 4.26. The molecule has 7 nitrogen and oxygen atoms in total. The van der Waals surface area contributed by atoms with E-state index in [4.69, 9.17) is 0 Å². The van der Waals surface area contributed by atoms with Crippen molar-refractivity contribution in [3.8, 4) is 0 Å². The predicted molar refractivity (Wildman–Crippen MR) is 106 cm³/mol. The number of fused-ring (bicyclic) bond motifs is 1. The van der Waals surface area contributed by atoms with Gasteiger partial charge in [-0.25, -0.2) is 9.67 Å². The molecule has 1 N–H and O–H groups in total. The quantitative estimate of drug-likeness (QED) is 0.582. The van der Waals surface area contributed by atoms with E-state index in [0.717, 1.165) is 10.9 Å². The van der Waals surface area contributed by atoms with E-state index >= 15 is 0 Å².